The predicted molar refractivity (Wildman–Crippen MR) is 70.8 cm³/mol. The van der Waals surface area contributed by atoms with Gasteiger partial charge in [0.05, 0.1) is 0 Å². The molecule has 1 rings (SSSR count). The van der Waals surface area contributed by atoms with Crippen LogP contribution in [0, 0.1) is 11.8 Å². The Hall–Kier alpha value is -1.10. The van der Waals surface area contributed by atoms with Gasteiger partial charge in [0.1, 0.15) is 6.04 Å². The molecule has 2 amide bonds. The fourth-order valence-electron chi connectivity index (χ4n) is 2.44. The van der Waals surface area contributed by atoms with Crippen LogP contribution in [0.15, 0.2) is 0 Å². The molecule has 0 aromatic heterocycles. The second kappa shape index (κ2) is 6.18. The van der Waals surface area contributed by atoms with Crippen molar-refractivity contribution in [3.05, 3.63) is 0 Å². The van der Waals surface area contributed by atoms with Crippen LogP contribution in [0.2, 0.25) is 0 Å². The lowest BCUT2D eigenvalue weighted by atomic mass is 9.79. The van der Waals surface area contributed by atoms with E-state index >= 15 is 0 Å². The molecule has 0 aromatic carbocycles. The molecule has 0 heterocycles. The average molecular weight is 255 g/mol. The van der Waals surface area contributed by atoms with Crippen LogP contribution < -0.4 is 11.1 Å². The van der Waals surface area contributed by atoms with Gasteiger partial charge in [-0.2, -0.15) is 0 Å². The highest BCUT2D eigenvalue weighted by Gasteiger charge is 2.30. The number of carbonyl (C=O) groups is 2. The van der Waals surface area contributed by atoms with Crippen molar-refractivity contribution in [2.75, 3.05) is 14.1 Å². The summed E-state index contributed by atoms with van der Waals surface area (Å²) in [6.45, 7) is 3.80. The highest BCUT2D eigenvalue weighted by Crippen LogP contribution is 2.28. The molecule has 0 saturated heterocycles. The van der Waals surface area contributed by atoms with Gasteiger partial charge in [0.25, 0.3) is 0 Å². The summed E-state index contributed by atoms with van der Waals surface area (Å²) in [7, 11) is 3.37. The molecule has 1 aliphatic rings. The zero-order valence-electron chi connectivity index (χ0n) is 11.8. The summed E-state index contributed by atoms with van der Waals surface area (Å²) in [5.74, 6) is 0.270. The highest BCUT2D eigenvalue weighted by molar-refractivity contribution is 5.88. The van der Waals surface area contributed by atoms with E-state index < -0.39 is 6.04 Å². The van der Waals surface area contributed by atoms with Crippen molar-refractivity contribution in [1.82, 2.24) is 10.2 Å². The van der Waals surface area contributed by atoms with Crippen LogP contribution in [-0.2, 0) is 9.59 Å². The molecule has 1 fully saturated rings. The number of likely N-dealkylation sites (N-methyl/N-ethyl adjacent to an activating group) is 1. The van der Waals surface area contributed by atoms with E-state index in [1.54, 1.807) is 21.0 Å². The minimum absolute atomic E-state index is 0.00258. The summed E-state index contributed by atoms with van der Waals surface area (Å²) in [6.07, 6.45) is 2.52. The van der Waals surface area contributed by atoms with E-state index in [1.165, 1.54) is 4.90 Å². The fourth-order valence-corrected chi connectivity index (χ4v) is 2.44. The van der Waals surface area contributed by atoms with E-state index in [4.69, 9.17) is 5.73 Å². The van der Waals surface area contributed by atoms with Gasteiger partial charge in [-0.25, -0.2) is 0 Å². The van der Waals surface area contributed by atoms with Gasteiger partial charge >= 0.3 is 0 Å². The van der Waals surface area contributed by atoms with Gasteiger partial charge in [0.15, 0.2) is 0 Å². The Kier molecular flexibility index (Phi) is 5.14. The molecule has 0 spiro atoms. The van der Waals surface area contributed by atoms with Crippen LogP contribution in [0.25, 0.3) is 0 Å². The normalized spacial score (nSPS) is 29.5. The molecule has 5 heteroatoms. The lowest BCUT2D eigenvalue weighted by molar-refractivity contribution is -0.135. The molecule has 1 saturated carbocycles. The Balaban J connectivity index is 2.48. The van der Waals surface area contributed by atoms with Crippen molar-refractivity contribution in [1.29, 1.82) is 0 Å². The molecular weight excluding hydrogens is 230 g/mol. The van der Waals surface area contributed by atoms with E-state index in [0.29, 0.717) is 5.92 Å². The Morgan fingerprint density at radius 2 is 1.94 bits per heavy atom. The first-order valence-electron chi connectivity index (χ1n) is 6.60. The van der Waals surface area contributed by atoms with Crippen LogP contribution in [0.1, 0.15) is 33.1 Å². The lowest BCUT2D eigenvalue weighted by Gasteiger charge is -2.31. The molecule has 4 unspecified atom stereocenters. The largest absolute Gasteiger partial charge is 0.347 e. The third kappa shape index (κ3) is 3.70. The maximum absolute atomic E-state index is 12.1. The topological polar surface area (TPSA) is 75.4 Å². The monoisotopic (exact) mass is 255 g/mol. The number of rotatable bonds is 3. The first-order chi connectivity index (χ1) is 8.32. The highest BCUT2D eigenvalue weighted by atomic mass is 16.2. The smallest absolute Gasteiger partial charge is 0.244 e. The lowest BCUT2D eigenvalue weighted by Crippen LogP contribution is -2.48. The van der Waals surface area contributed by atoms with E-state index in [-0.39, 0.29) is 23.8 Å². The molecule has 4 atom stereocenters. The SMILES string of the molecule is CC(NC(=O)C1CCC(N)C(C)C1)C(=O)N(C)C. The van der Waals surface area contributed by atoms with Crippen molar-refractivity contribution in [3.63, 3.8) is 0 Å². The summed E-state index contributed by atoms with van der Waals surface area (Å²) >= 11 is 0. The van der Waals surface area contributed by atoms with Crippen molar-refractivity contribution in [3.8, 4) is 0 Å². The molecule has 0 bridgehead atoms. The van der Waals surface area contributed by atoms with Gasteiger partial charge in [-0.3, -0.25) is 9.59 Å². The minimum Gasteiger partial charge on any atom is -0.347 e. The summed E-state index contributed by atoms with van der Waals surface area (Å²) in [5, 5.41) is 2.80. The van der Waals surface area contributed by atoms with Crippen molar-refractivity contribution < 1.29 is 9.59 Å². The van der Waals surface area contributed by atoms with Crippen LogP contribution in [-0.4, -0.2) is 42.9 Å². The summed E-state index contributed by atoms with van der Waals surface area (Å²) < 4.78 is 0. The number of hydrogen-bond donors (Lipinski definition) is 2. The Bertz CT molecular complexity index is 317. The zero-order valence-corrected chi connectivity index (χ0v) is 11.8. The maximum Gasteiger partial charge on any atom is 0.244 e. The van der Waals surface area contributed by atoms with E-state index in [1.807, 2.05) is 0 Å². The first-order valence-corrected chi connectivity index (χ1v) is 6.60. The van der Waals surface area contributed by atoms with Crippen molar-refractivity contribution >= 4 is 11.8 Å². The first kappa shape index (κ1) is 15.0. The Labute approximate surface area is 109 Å². The predicted octanol–water partition coefficient (Wildman–Crippen LogP) is 0.343. The molecule has 5 nitrogen and oxygen atoms in total. The van der Waals surface area contributed by atoms with Crippen LogP contribution >= 0.6 is 0 Å². The Morgan fingerprint density at radius 1 is 1.33 bits per heavy atom. The third-order valence-electron chi connectivity index (χ3n) is 3.78. The third-order valence-corrected chi connectivity index (χ3v) is 3.78. The summed E-state index contributed by atoms with van der Waals surface area (Å²) in [6, 6.07) is -0.256. The molecule has 0 radical (unpaired) electrons. The Morgan fingerprint density at radius 3 is 2.44 bits per heavy atom. The second-order valence-electron chi connectivity index (χ2n) is 5.61. The van der Waals surface area contributed by atoms with Crippen LogP contribution in [0.3, 0.4) is 0 Å². The molecule has 0 aliphatic heterocycles. The second-order valence-corrected chi connectivity index (χ2v) is 5.61. The summed E-state index contributed by atoms with van der Waals surface area (Å²) in [5.41, 5.74) is 5.94. The van der Waals surface area contributed by atoms with Gasteiger partial charge < -0.3 is 16.0 Å². The number of hydrogen-bond acceptors (Lipinski definition) is 3. The molecule has 18 heavy (non-hydrogen) atoms. The van der Waals surface area contributed by atoms with E-state index in [0.717, 1.165) is 19.3 Å². The number of carbonyl (C=O) groups excluding carboxylic acids is 2. The van der Waals surface area contributed by atoms with Gasteiger partial charge in [-0.15, -0.1) is 0 Å². The van der Waals surface area contributed by atoms with Gasteiger partial charge in [0, 0.05) is 26.1 Å². The van der Waals surface area contributed by atoms with Crippen molar-refractivity contribution in [2.24, 2.45) is 17.6 Å². The zero-order chi connectivity index (χ0) is 13.9. The number of nitrogens with zero attached hydrogens (tertiary/aromatic N) is 1. The van der Waals surface area contributed by atoms with E-state index in [9.17, 15) is 9.59 Å². The van der Waals surface area contributed by atoms with Crippen LogP contribution in [0.4, 0.5) is 0 Å². The number of nitrogens with two attached hydrogens (primary N) is 1. The quantitative estimate of drug-likeness (QED) is 0.763. The number of amides is 2. The summed E-state index contributed by atoms with van der Waals surface area (Å²) in [4.78, 5) is 25.2. The molecule has 104 valence electrons. The molecule has 0 aromatic rings. The van der Waals surface area contributed by atoms with Gasteiger partial charge in [-0.05, 0) is 32.1 Å². The molecular formula is C13H25N3O2. The van der Waals surface area contributed by atoms with Gasteiger partial charge in [0.2, 0.25) is 11.8 Å². The fraction of sp³-hybridized carbons (Fsp3) is 0.846. The van der Waals surface area contributed by atoms with Crippen LogP contribution in [0.5, 0.6) is 0 Å². The van der Waals surface area contributed by atoms with E-state index in [2.05, 4.69) is 12.2 Å². The maximum atomic E-state index is 12.1. The van der Waals surface area contributed by atoms with Crippen molar-refractivity contribution in [2.45, 2.75) is 45.2 Å². The average Bonchev–Trinajstić information content (AvgIpc) is 2.31. The molecule has 3 N–H and O–H groups in total. The molecule has 1 aliphatic carbocycles. The standard InChI is InChI=1S/C13H25N3O2/c1-8-7-10(5-6-11(8)14)12(17)15-9(2)13(18)16(3)4/h8-11H,5-7,14H2,1-4H3,(H,15,17). The van der Waals surface area contributed by atoms with Gasteiger partial charge in [-0.1, -0.05) is 6.92 Å². The minimum atomic E-state index is -0.460. The number of nitrogens with one attached hydrogen (secondary N) is 1.